The number of Topliss-reactive ketones (excluding diaryl/α,β-unsaturated/α-hetero) is 1. The van der Waals surface area contributed by atoms with Crippen LogP contribution in [0.2, 0.25) is 0 Å². The number of aromatic nitrogens is 1. The molecule has 66 valence electrons. The lowest BCUT2D eigenvalue weighted by Gasteiger charge is -1.96. The Balaban J connectivity index is 0.000000561. The van der Waals surface area contributed by atoms with Gasteiger partial charge in [0.05, 0.1) is 0 Å². The fraction of sp³-hybridized carbons (Fsp3) is 0.400. The average Bonchev–Trinajstić information content (AvgIpc) is 2.08. The molecule has 0 amide bonds. The number of hydrogen-bond acceptors (Lipinski definition) is 2. The van der Waals surface area contributed by atoms with E-state index in [1.54, 1.807) is 25.3 Å². The van der Waals surface area contributed by atoms with E-state index < -0.39 is 0 Å². The Labute approximate surface area is 73.6 Å². The molecule has 0 fully saturated rings. The zero-order chi connectivity index (χ0) is 9.56. The van der Waals surface area contributed by atoms with Crippen LogP contribution in [0.3, 0.4) is 0 Å². The zero-order valence-corrected chi connectivity index (χ0v) is 8.09. The fourth-order valence-electron chi connectivity index (χ4n) is 0.856. The maximum Gasteiger partial charge on any atom is 0.161 e. The van der Waals surface area contributed by atoms with Gasteiger partial charge in [0, 0.05) is 17.5 Å². The van der Waals surface area contributed by atoms with E-state index in [-0.39, 0.29) is 5.78 Å². The Morgan fingerprint density at radius 1 is 1.42 bits per heavy atom. The Bertz CT molecular complexity index is 256. The summed E-state index contributed by atoms with van der Waals surface area (Å²) in [7, 11) is 0. The van der Waals surface area contributed by atoms with Crippen LogP contribution in [0.15, 0.2) is 18.3 Å². The van der Waals surface area contributed by atoms with E-state index in [0.717, 1.165) is 5.69 Å². The molecule has 0 atom stereocenters. The first kappa shape index (κ1) is 10.8. The minimum atomic E-state index is 0.0746. The van der Waals surface area contributed by atoms with Crippen molar-refractivity contribution in [2.75, 3.05) is 0 Å². The first-order chi connectivity index (χ1) is 5.72. The van der Waals surface area contributed by atoms with Crippen molar-refractivity contribution in [3.63, 3.8) is 0 Å². The lowest BCUT2D eigenvalue weighted by molar-refractivity contribution is 0.101. The number of nitrogens with zero attached hydrogens (tertiary/aromatic N) is 1. The first-order valence-corrected chi connectivity index (χ1v) is 4.14. The minimum absolute atomic E-state index is 0.0746. The van der Waals surface area contributed by atoms with Gasteiger partial charge in [-0.05, 0) is 26.0 Å². The summed E-state index contributed by atoms with van der Waals surface area (Å²) in [5, 5.41) is 0. The van der Waals surface area contributed by atoms with Crippen LogP contribution in [0.1, 0.15) is 36.8 Å². The summed E-state index contributed by atoms with van der Waals surface area (Å²) in [4.78, 5) is 14.8. The number of carbonyl (C=O) groups is 1. The van der Waals surface area contributed by atoms with Gasteiger partial charge >= 0.3 is 0 Å². The number of aryl methyl sites for hydroxylation is 1. The van der Waals surface area contributed by atoms with E-state index >= 15 is 0 Å². The van der Waals surface area contributed by atoms with Gasteiger partial charge < -0.3 is 0 Å². The first-order valence-electron chi connectivity index (χ1n) is 4.14. The normalized spacial score (nSPS) is 8.33. The van der Waals surface area contributed by atoms with Crippen LogP contribution in [0.5, 0.6) is 0 Å². The summed E-state index contributed by atoms with van der Waals surface area (Å²) in [5.74, 6) is 0.0746. The molecule has 1 rings (SSSR count). The maximum absolute atomic E-state index is 10.8. The Morgan fingerprint density at radius 2 is 2.00 bits per heavy atom. The van der Waals surface area contributed by atoms with Crippen LogP contribution in [0, 0.1) is 6.92 Å². The van der Waals surface area contributed by atoms with Crippen molar-refractivity contribution < 1.29 is 4.79 Å². The third-order valence-corrected chi connectivity index (χ3v) is 1.39. The van der Waals surface area contributed by atoms with E-state index in [4.69, 9.17) is 0 Å². The van der Waals surface area contributed by atoms with Gasteiger partial charge in [-0.2, -0.15) is 0 Å². The van der Waals surface area contributed by atoms with Crippen molar-refractivity contribution in [3.8, 4) is 0 Å². The molecule has 0 aliphatic carbocycles. The SMILES string of the molecule is CC.CC(=O)c1cccnc1C. The molecule has 1 aromatic rings. The molecule has 2 heteroatoms. The maximum atomic E-state index is 10.8. The van der Waals surface area contributed by atoms with Gasteiger partial charge in [0.2, 0.25) is 0 Å². The zero-order valence-electron chi connectivity index (χ0n) is 8.09. The minimum Gasteiger partial charge on any atom is -0.294 e. The molecule has 2 nitrogen and oxygen atoms in total. The molecule has 0 saturated heterocycles. The summed E-state index contributed by atoms with van der Waals surface area (Å²) in [6, 6.07) is 3.55. The van der Waals surface area contributed by atoms with E-state index in [1.165, 1.54) is 0 Å². The quantitative estimate of drug-likeness (QED) is 0.599. The Morgan fingerprint density at radius 3 is 2.33 bits per heavy atom. The van der Waals surface area contributed by atoms with Crippen molar-refractivity contribution in [2.24, 2.45) is 0 Å². The van der Waals surface area contributed by atoms with Crippen LogP contribution >= 0.6 is 0 Å². The third-order valence-electron chi connectivity index (χ3n) is 1.39. The number of ketones is 1. The molecule has 0 aromatic carbocycles. The van der Waals surface area contributed by atoms with Gasteiger partial charge in [-0.3, -0.25) is 9.78 Å². The molecule has 0 aliphatic heterocycles. The number of carbonyl (C=O) groups excluding carboxylic acids is 1. The highest BCUT2D eigenvalue weighted by atomic mass is 16.1. The van der Waals surface area contributed by atoms with Crippen molar-refractivity contribution >= 4 is 5.78 Å². The average molecular weight is 165 g/mol. The molecule has 0 aliphatic rings. The molecular weight excluding hydrogens is 150 g/mol. The highest BCUT2D eigenvalue weighted by molar-refractivity contribution is 5.94. The predicted molar refractivity (Wildman–Crippen MR) is 50.3 cm³/mol. The molecule has 1 heterocycles. The van der Waals surface area contributed by atoms with Crippen LogP contribution in [-0.4, -0.2) is 10.8 Å². The number of hydrogen-bond donors (Lipinski definition) is 0. The van der Waals surface area contributed by atoms with Crippen LogP contribution in [0.25, 0.3) is 0 Å². The molecule has 0 unspecified atom stereocenters. The van der Waals surface area contributed by atoms with E-state index in [9.17, 15) is 4.79 Å². The Hall–Kier alpha value is -1.18. The van der Waals surface area contributed by atoms with Crippen molar-refractivity contribution in [3.05, 3.63) is 29.6 Å². The van der Waals surface area contributed by atoms with Gasteiger partial charge in [-0.15, -0.1) is 0 Å². The second kappa shape index (κ2) is 5.47. The molecule has 0 spiro atoms. The highest BCUT2D eigenvalue weighted by Crippen LogP contribution is 2.02. The largest absolute Gasteiger partial charge is 0.294 e. The molecule has 0 N–H and O–H groups in total. The van der Waals surface area contributed by atoms with E-state index in [1.807, 2.05) is 20.8 Å². The lowest BCUT2D eigenvalue weighted by atomic mass is 10.1. The topological polar surface area (TPSA) is 30.0 Å². The van der Waals surface area contributed by atoms with Crippen molar-refractivity contribution in [2.45, 2.75) is 27.7 Å². The van der Waals surface area contributed by atoms with E-state index in [2.05, 4.69) is 4.98 Å². The molecule has 0 saturated carbocycles. The smallest absolute Gasteiger partial charge is 0.161 e. The number of rotatable bonds is 1. The summed E-state index contributed by atoms with van der Waals surface area (Å²) in [6.45, 7) is 7.38. The van der Waals surface area contributed by atoms with Crippen LogP contribution in [-0.2, 0) is 0 Å². The molecule has 0 radical (unpaired) electrons. The summed E-state index contributed by atoms with van der Waals surface area (Å²) in [5.41, 5.74) is 1.51. The van der Waals surface area contributed by atoms with Gasteiger partial charge in [0.25, 0.3) is 0 Å². The summed E-state index contributed by atoms with van der Waals surface area (Å²) in [6.07, 6.45) is 1.68. The van der Waals surface area contributed by atoms with E-state index in [0.29, 0.717) is 5.56 Å². The highest BCUT2D eigenvalue weighted by Gasteiger charge is 2.00. The summed E-state index contributed by atoms with van der Waals surface area (Å²) >= 11 is 0. The monoisotopic (exact) mass is 165 g/mol. The Kier molecular flexibility index (Phi) is 4.93. The van der Waals surface area contributed by atoms with Gasteiger partial charge in [-0.25, -0.2) is 0 Å². The molecular formula is C10H15NO. The van der Waals surface area contributed by atoms with Crippen LogP contribution < -0.4 is 0 Å². The second-order valence-corrected chi connectivity index (χ2v) is 2.19. The fourth-order valence-corrected chi connectivity index (χ4v) is 0.856. The lowest BCUT2D eigenvalue weighted by Crippen LogP contribution is -1.96. The molecule has 1 aromatic heterocycles. The predicted octanol–water partition coefficient (Wildman–Crippen LogP) is 2.62. The molecule has 12 heavy (non-hydrogen) atoms. The van der Waals surface area contributed by atoms with Gasteiger partial charge in [0.15, 0.2) is 5.78 Å². The second-order valence-electron chi connectivity index (χ2n) is 2.19. The molecule has 0 bridgehead atoms. The van der Waals surface area contributed by atoms with Crippen LogP contribution in [0.4, 0.5) is 0 Å². The van der Waals surface area contributed by atoms with Crippen molar-refractivity contribution in [1.29, 1.82) is 0 Å². The standard InChI is InChI=1S/C8H9NO.C2H6/c1-6-8(7(2)10)4-3-5-9-6;1-2/h3-5H,1-2H3;1-2H3. The van der Waals surface area contributed by atoms with Gasteiger partial charge in [0.1, 0.15) is 0 Å². The van der Waals surface area contributed by atoms with Gasteiger partial charge in [-0.1, -0.05) is 13.8 Å². The summed E-state index contributed by atoms with van der Waals surface area (Å²) < 4.78 is 0. The third kappa shape index (κ3) is 2.82. The van der Waals surface area contributed by atoms with Crippen molar-refractivity contribution in [1.82, 2.24) is 4.98 Å². The number of pyridine rings is 1.